The van der Waals surface area contributed by atoms with Gasteiger partial charge in [-0.3, -0.25) is 4.79 Å². The molecule has 136 valence electrons. The monoisotopic (exact) mass is 351 g/mol. The minimum absolute atomic E-state index is 0.0118. The number of nitrogens with zero attached hydrogens (tertiary/aromatic N) is 1. The van der Waals surface area contributed by atoms with E-state index in [9.17, 15) is 4.79 Å². The van der Waals surface area contributed by atoms with Gasteiger partial charge in [0.25, 0.3) is 5.91 Å². The van der Waals surface area contributed by atoms with Crippen LogP contribution < -0.4 is 9.64 Å². The molecule has 0 aromatic heterocycles. The van der Waals surface area contributed by atoms with Crippen molar-refractivity contribution in [3.8, 4) is 5.75 Å². The highest BCUT2D eigenvalue weighted by Gasteiger charge is 2.26. The van der Waals surface area contributed by atoms with Crippen molar-refractivity contribution in [1.29, 1.82) is 0 Å². The quantitative estimate of drug-likeness (QED) is 0.831. The third kappa shape index (κ3) is 3.47. The zero-order chi connectivity index (χ0) is 17.9. The topological polar surface area (TPSA) is 38.8 Å². The average molecular weight is 351 g/mol. The number of amides is 1. The van der Waals surface area contributed by atoms with Crippen molar-refractivity contribution >= 4 is 11.6 Å². The molecule has 4 rings (SSSR count). The van der Waals surface area contributed by atoms with Crippen LogP contribution in [0.5, 0.6) is 5.75 Å². The minimum atomic E-state index is 0.0118. The molecule has 2 heterocycles. The van der Waals surface area contributed by atoms with Gasteiger partial charge in [0.05, 0.1) is 11.7 Å². The van der Waals surface area contributed by atoms with E-state index in [-0.39, 0.29) is 12.0 Å². The zero-order valence-electron chi connectivity index (χ0n) is 15.2. The molecule has 2 aliphatic heterocycles. The van der Waals surface area contributed by atoms with Gasteiger partial charge in [-0.15, -0.1) is 0 Å². The van der Waals surface area contributed by atoms with Gasteiger partial charge in [0.1, 0.15) is 12.4 Å². The Labute approximate surface area is 154 Å². The van der Waals surface area contributed by atoms with Crippen molar-refractivity contribution in [3.63, 3.8) is 0 Å². The Kier molecular flexibility index (Phi) is 4.93. The number of carbonyl (C=O) groups excluding carboxylic acids is 1. The number of benzene rings is 2. The summed E-state index contributed by atoms with van der Waals surface area (Å²) < 4.78 is 11.6. The summed E-state index contributed by atoms with van der Waals surface area (Å²) in [5.41, 5.74) is 4.14. The van der Waals surface area contributed by atoms with E-state index in [2.05, 4.69) is 25.1 Å². The fourth-order valence-corrected chi connectivity index (χ4v) is 3.81. The van der Waals surface area contributed by atoms with Crippen molar-refractivity contribution in [1.82, 2.24) is 0 Å². The van der Waals surface area contributed by atoms with Gasteiger partial charge in [-0.1, -0.05) is 29.8 Å². The molecule has 0 spiro atoms. The molecule has 4 nitrogen and oxygen atoms in total. The van der Waals surface area contributed by atoms with Crippen molar-refractivity contribution in [3.05, 3.63) is 59.2 Å². The Morgan fingerprint density at radius 2 is 2.12 bits per heavy atom. The second-order valence-corrected chi connectivity index (χ2v) is 7.13. The third-order valence-corrected chi connectivity index (χ3v) is 5.16. The van der Waals surface area contributed by atoms with E-state index in [0.717, 1.165) is 44.5 Å². The second kappa shape index (κ2) is 7.50. The first-order valence-electron chi connectivity index (χ1n) is 9.47. The molecule has 2 aliphatic rings. The molecule has 26 heavy (non-hydrogen) atoms. The second-order valence-electron chi connectivity index (χ2n) is 7.13. The summed E-state index contributed by atoms with van der Waals surface area (Å²) in [6, 6.07) is 13.9. The number of hydrogen-bond acceptors (Lipinski definition) is 3. The first-order chi connectivity index (χ1) is 12.7. The Bertz CT molecular complexity index is 796. The van der Waals surface area contributed by atoms with E-state index in [0.29, 0.717) is 17.9 Å². The summed E-state index contributed by atoms with van der Waals surface area (Å²) in [6.07, 6.45) is 4.25. The molecule has 1 atom stereocenters. The van der Waals surface area contributed by atoms with E-state index in [1.165, 1.54) is 11.1 Å². The summed E-state index contributed by atoms with van der Waals surface area (Å²) in [4.78, 5) is 15.2. The molecule has 0 bridgehead atoms. The molecule has 0 radical (unpaired) electrons. The van der Waals surface area contributed by atoms with Crippen molar-refractivity contribution in [2.45, 2.75) is 38.7 Å². The number of hydrogen-bond donors (Lipinski definition) is 0. The Morgan fingerprint density at radius 3 is 2.96 bits per heavy atom. The molecular formula is C22H25NO3. The van der Waals surface area contributed by atoms with Crippen LogP contribution in [0.1, 0.15) is 40.7 Å². The molecular weight excluding hydrogens is 326 g/mol. The first kappa shape index (κ1) is 17.1. The molecule has 0 aliphatic carbocycles. The smallest absolute Gasteiger partial charge is 0.262 e. The van der Waals surface area contributed by atoms with Gasteiger partial charge < -0.3 is 14.4 Å². The molecule has 1 amide bonds. The van der Waals surface area contributed by atoms with E-state index < -0.39 is 0 Å². The van der Waals surface area contributed by atoms with Crippen molar-refractivity contribution in [2.24, 2.45) is 0 Å². The number of fused-ring (bicyclic) bond motifs is 1. The van der Waals surface area contributed by atoms with Crippen LogP contribution >= 0.6 is 0 Å². The Hall–Kier alpha value is -2.33. The van der Waals surface area contributed by atoms with E-state index in [1.54, 1.807) is 0 Å². The average Bonchev–Trinajstić information content (AvgIpc) is 3.19. The van der Waals surface area contributed by atoms with Crippen LogP contribution in [0.15, 0.2) is 42.5 Å². The predicted molar refractivity (Wildman–Crippen MR) is 102 cm³/mol. The van der Waals surface area contributed by atoms with E-state index >= 15 is 0 Å². The van der Waals surface area contributed by atoms with Gasteiger partial charge in [0.15, 0.2) is 0 Å². The van der Waals surface area contributed by atoms with Crippen molar-refractivity contribution in [2.75, 3.05) is 24.7 Å². The highest BCUT2D eigenvalue weighted by Crippen LogP contribution is 2.31. The van der Waals surface area contributed by atoms with Crippen LogP contribution in [0.4, 0.5) is 5.69 Å². The number of para-hydroxylation sites is 1. The lowest BCUT2D eigenvalue weighted by molar-refractivity contribution is 0.0672. The normalized spacial score (nSPS) is 19.3. The van der Waals surface area contributed by atoms with Gasteiger partial charge in [0, 0.05) is 18.8 Å². The molecule has 1 unspecified atom stereocenters. The minimum Gasteiger partial charge on any atom is -0.490 e. The number of aryl methyl sites for hydroxylation is 2. The zero-order valence-corrected chi connectivity index (χ0v) is 15.2. The van der Waals surface area contributed by atoms with Crippen LogP contribution in [0.3, 0.4) is 0 Å². The van der Waals surface area contributed by atoms with Crippen LogP contribution in [0.2, 0.25) is 0 Å². The maximum Gasteiger partial charge on any atom is 0.262 e. The highest BCUT2D eigenvalue weighted by atomic mass is 16.5. The van der Waals surface area contributed by atoms with Crippen LogP contribution in [0, 0.1) is 6.92 Å². The fraction of sp³-hybridized carbons (Fsp3) is 0.409. The van der Waals surface area contributed by atoms with Crippen LogP contribution in [0.25, 0.3) is 0 Å². The molecule has 1 saturated heterocycles. The van der Waals surface area contributed by atoms with Crippen LogP contribution in [-0.4, -0.2) is 31.8 Å². The van der Waals surface area contributed by atoms with Gasteiger partial charge in [-0.2, -0.15) is 0 Å². The van der Waals surface area contributed by atoms with Gasteiger partial charge in [-0.25, -0.2) is 0 Å². The maximum absolute atomic E-state index is 13.3. The SMILES string of the molecule is Cc1ccc2c(c1)CCCN2C(=O)c1ccccc1OCC1CCCO1. The summed E-state index contributed by atoms with van der Waals surface area (Å²) >= 11 is 0. The van der Waals surface area contributed by atoms with Crippen molar-refractivity contribution < 1.29 is 14.3 Å². The number of carbonyl (C=O) groups is 1. The Morgan fingerprint density at radius 1 is 1.23 bits per heavy atom. The first-order valence-corrected chi connectivity index (χ1v) is 9.47. The summed E-state index contributed by atoms with van der Waals surface area (Å²) in [5, 5.41) is 0. The van der Waals surface area contributed by atoms with Gasteiger partial charge in [0.2, 0.25) is 0 Å². The molecule has 0 N–H and O–H groups in total. The molecule has 2 aromatic rings. The predicted octanol–water partition coefficient (Wildman–Crippen LogP) is 4.15. The molecule has 4 heteroatoms. The summed E-state index contributed by atoms with van der Waals surface area (Å²) in [6.45, 7) is 4.14. The number of rotatable bonds is 4. The van der Waals surface area contributed by atoms with E-state index in [1.807, 2.05) is 29.2 Å². The summed E-state index contributed by atoms with van der Waals surface area (Å²) in [5.74, 6) is 0.657. The summed E-state index contributed by atoms with van der Waals surface area (Å²) in [7, 11) is 0. The molecule has 0 saturated carbocycles. The Balaban J connectivity index is 1.57. The molecule has 2 aromatic carbocycles. The van der Waals surface area contributed by atoms with Crippen LogP contribution in [-0.2, 0) is 11.2 Å². The van der Waals surface area contributed by atoms with E-state index in [4.69, 9.17) is 9.47 Å². The van der Waals surface area contributed by atoms with Gasteiger partial charge in [-0.05, 0) is 56.4 Å². The third-order valence-electron chi connectivity index (χ3n) is 5.16. The largest absolute Gasteiger partial charge is 0.490 e. The lowest BCUT2D eigenvalue weighted by atomic mass is 9.98. The lowest BCUT2D eigenvalue weighted by Gasteiger charge is -2.30. The number of anilines is 1. The molecule has 1 fully saturated rings. The van der Waals surface area contributed by atoms with Gasteiger partial charge >= 0.3 is 0 Å². The maximum atomic E-state index is 13.3. The number of ether oxygens (including phenoxy) is 2. The fourth-order valence-electron chi connectivity index (χ4n) is 3.81. The highest BCUT2D eigenvalue weighted by molar-refractivity contribution is 6.08. The lowest BCUT2D eigenvalue weighted by Crippen LogP contribution is -2.35. The standard InChI is InChI=1S/C22H25NO3/c1-16-10-11-20-17(14-16)6-4-12-23(20)22(24)19-8-2-3-9-21(19)26-15-18-7-5-13-25-18/h2-3,8-11,14,18H,4-7,12-13,15H2,1H3.